The van der Waals surface area contributed by atoms with Gasteiger partial charge < -0.3 is 5.73 Å². The van der Waals surface area contributed by atoms with E-state index in [0.717, 1.165) is 19.4 Å². The molecule has 1 unspecified atom stereocenters. The Kier molecular flexibility index (Phi) is 3.15. The molecule has 0 bridgehead atoms. The summed E-state index contributed by atoms with van der Waals surface area (Å²) in [5, 5.41) is 4.24. The van der Waals surface area contributed by atoms with Gasteiger partial charge in [0.05, 0.1) is 6.20 Å². The van der Waals surface area contributed by atoms with Crippen LogP contribution in [-0.2, 0) is 25.3 Å². The van der Waals surface area contributed by atoms with Gasteiger partial charge in [0, 0.05) is 25.2 Å². The van der Waals surface area contributed by atoms with Crippen molar-refractivity contribution in [2.75, 3.05) is 6.54 Å². The smallest absolute Gasteiger partial charge is 0.0521 e. The SMILES string of the molecule is Cn1cc(CCC2(CN)CCc3ccccc32)cn1. The highest BCUT2D eigenvalue weighted by molar-refractivity contribution is 5.40. The maximum absolute atomic E-state index is 6.13. The molecule has 0 amide bonds. The van der Waals surface area contributed by atoms with Crippen molar-refractivity contribution in [3.05, 3.63) is 53.3 Å². The molecule has 2 aromatic rings. The topological polar surface area (TPSA) is 43.8 Å². The molecule has 100 valence electrons. The predicted octanol–water partition coefficient (Wildman–Crippen LogP) is 2.20. The minimum atomic E-state index is 0.173. The fourth-order valence-electron chi connectivity index (χ4n) is 3.32. The Balaban J connectivity index is 1.81. The quantitative estimate of drug-likeness (QED) is 0.910. The summed E-state index contributed by atoms with van der Waals surface area (Å²) >= 11 is 0. The fourth-order valence-corrected chi connectivity index (χ4v) is 3.32. The van der Waals surface area contributed by atoms with Crippen molar-refractivity contribution in [1.82, 2.24) is 9.78 Å². The third-order valence-electron chi connectivity index (χ3n) is 4.50. The summed E-state index contributed by atoms with van der Waals surface area (Å²) in [6.45, 7) is 0.740. The molecule has 19 heavy (non-hydrogen) atoms. The van der Waals surface area contributed by atoms with E-state index in [-0.39, 0.29) is 5.41 Å². The van der Waals surface area contributed by atoms with Crippen molar-refractivity contribution >= 4 is 0 Å². The van der Waals surface area contributed by atoms with Crippen molar-refractivity contribution in [2.24, 2.45) is 12.8 Å². The minimum Gasteiger partial charge on any atom is -0.330 e. The van der Waals surface area contributed by atoms with E-state index < -0.39 is 0 Å². The summed E-state index contributed by atoms with van der Waals surface area (Å²) in [7, 11) is 1.97. The van der Waals surface area contributed by atoms with Crippen LogP contribution < -0.4 is 5.73 Å². The van der Waals surface area contributed by atoms with Crippen molar-refractivity contribution in [1.29, 1.82) is 0 Å². The number of nitrogens with two attached hydrogens (primary N) is 1. The normalized spacial score (nSPS) is 21.6. The molecule has 1 aliphatic carbocycles. The molecule has 0 aliphatic heterocycles. The number of rotatable bonds is 4. The second-order valence-electron chi connectivity index (χ2n) is 5.66. The summed E-state index contributed by atoms with van der Waals surface area (Å²) in [6.07, 6.45) is 8.59. The van der Waals surface area contributed by atoms with E-state index in [1.165, 1.54) is 29.5 Å². The monoisotopic (exact) mass is 255 g/mol. The summed E-state index contributed by atoms with van der Waals surface area (Å²) in [6, 6.07) is 8.78. The lowest BCUT2D eigenvalue weighted by Crippen LogP contribution is -2.33. The Morgan fingerprint density at radius 1 is 1.37 bits per heavy atom. The molecule has 1 heterocycles. The van der Waals surface area contributed by atoms with E-state index in [2.05, 4.69) is 35.6 Å². The average molecular weight is 255 g/mol. The molecule has 1 aliphatic rings. The number of nitrogens with zero attached hydrogens (tertiary/aromatic N) is 2. The lowest BCUT2D eigenvalue weighted by Gasteiger charge is -2.29. The van der Waals surface area contributed by atoms with Crippen molar-refractivity contribution < 1.29 is 0 Å². The first-order valence-corrected chi connectivity index (χ1v) is 6.99. The third kappa shape index (κ3) is 2.19. The van der Waals surface area contributed by atoms with Gasteiger partial charge in [0.1, 0.15) is 0 Å². The summed E-state index contributed by atoms with van der Waals surface area (Å²) in [4.78, 5) is 0. The first kappa shape index (κ1) is 12.4. The largest absolute Gasteiger partial charge is 0.330 e. The zero-order chi connectivity index (χ0) is 13.3. The standard InChI is InChI=1S/C16H21N3/c1-19-11-13(10-18-19)6-8-16(12-17)9-7-14-4-2-3-5-15(14)16/h2-5,10-11H,6-9,12,17H2,1H3. The molecule has 1 atom stereocenters. The molecule has 0 saturated carbocycles. The van der Waals surface area contributed by atoms with Gasteiger partial charge in [-0.05, 0) is 42.4 Å². The van der Waals surface area contributed by atoms with Gasteiger partial charge in [-0.1, -0.05) is 24.3 Å². The molecule has 3 nitrogen and oxygen atoms in total. The van der Waals surface area contributed by atoms with Gasteiger partial charge in [0.2, 0.25) is 0 Å². The van der Waals surface area contributed by atoms with Gasteiger partial charge in [0.15, 0.2) is 0 Å². The second kappa shape index (κ2) is 4.82. The highest BCUT2D eigenvalue weighted by atomic mass is 15.2. The zero-order valence-electron chi connectivity index (χ0n) is 11.5. The molecule has 3 rings (SSSR count). The van der Waals surface area contributed by atoms with Crippen molar-refractivity contribution in [3.63, 3.8) is 0 Å². The van der Waals surface area contributed by atoms with E-state index >= 15 is 0 Å². The number of benzene rings is 1. The van der Waals surface area contributed by atoms with E-state index in [1.807, 2.05) is 17.9 Å². The average Bonchev–Trinajstić information content (AvgIpc) is 3.01. The van der Waals surface area contributed by atoms with Crippen LogP contribution in [0.5, 0.6) is 0 Å². The Morgan fingerprint density at radius 2 is 2.21 bits per heavy atom. The van der Waals surface area contributed by atoms with Crippen molar-refractivity contribution in [2.45, 2.75) is 31.1 Å². The number of hydrogen-bond acceptors (Lipinski definition) is 2. The van der Waals surface area contributed by atoms with Crippen LogP contribution in [0.2, 0.25) is 0 Å². The Morgan fingerprint density at radius 3 is 2.95 bits per heavy atom. The van der Waals surface area contributed by atoms with Crippen LogP contribution in [0.1, 0.15) is 29.5 Å². The molecule has 0 saturated heterocycles. The molecule has 0 fully saturated rings. The van der Waals surface area contributed by atoms with Gasteiger partial charge in [-0.15, -0.1) is 0 Å². The fraction of sp³-hybridized carbons (Fsp3) is 0.438. The molecule has 1 aromatic carbocycles. The van der Waals surface area contributed by atoms with Crippen LogP contribution in [0, 0.1) is 0 Å². The summed E-state index contributed by atoms with van der Waals surface area (Å²) in [5.74, 6) is 0. The Labute approximate surface area is 114 Å². The molecule has 2 N–H and O–H groups in total. The summed E-state index contributed by atoms with van der Waals surface area (Å²) in [5.41, 5.74) is 10.6. The van der Waals surface area contributed by atoms with E-state index in [4.69, 9.17) is 5.73 Å². The van der Waals surface area contributed by atoms with E-state index in [0.29, 0.717) is 0 Å². The Hall–Kier alpha value is -1.61. The highest BCUT2D eigenvalue weighted by Crippen LogP contribution is 2.41. The number of fused-ring (bicyclic) bond motifs is 1. The zero-order valence-corrected chi connectivity index (χ0v) is 11.5. The third-order valence-corrected chi connectivity index (χ3v) is 4.50. The maximum atomic E-state index is 6.13. The van der Waals surface area contributed by atoms with Crippen LogP contribution in [0.15, 0.2) is 36.7 Å². The predicted molar refractivity (Wildman–Crippen MR) is 77.0 cm³/mol. The van der Waals surface area contributed by atoms with Crippen LogP contribution in [-0.4, -0.2) is 16.3 Å². The van der Waals surface area contributed by atoms with Crippen LogP contribution >= 0.6 is 0 Å². The van der Waals surface area contributed by atoms with Crippen LogP contribution in [0.25, 0.3) is 0 Å². The molecule has 1 aromatic heterocycles. The highest BCUT2D eigenvalue weighted by Gasteiger charge is 2.36. The van der Waals surface area contributed by atoms with Gasteiger partial charge in [-0.3, -0.25) is 4.68 Å². The van der Waals surface area contributed by atoms with E-state index in [9.17, 15) is 0 Å². The second-order valence-corrected chi connectivity index (χ2v) is 5.66. The minimum absolute atomic E-state index is 0.173. The van der Waals surface area contributed by atoms with Gasteiger partial charge in [-0.2, -0.15) is 5.10 Å². The van der Waals surface area contributed by atoms with Gasteiger partial charge in [-0.25, -0.2) is 0 Å². The summed E-state index contributed by atoms with van der Waals surface area (Å²) < 4.78 is 1.87. The Bertz CT molecular complexity index is 573. The lowest BCUT2D eigenvalue weighted by atomic mass is 9.77. The number of hydrogen-bond donors (Lipinski definition) is 1. The maximum Gasteiger partial charge on any atom is 0.0521 e. The van der Waals surface area contributed by atoms with Crippen molar-refractivity contribution in [3.8, 4) is 0 Å². The van der Waals surface area contributed by atoms with Gasteiger partial charge >= 0.3 is 0 Å². The lowest BCUT2D eigenvalue weighted by molar-refractivity contribution is 0.401. The number of aryl methyl sites for hydroxylation is 3. The molecule has 0 radical (unpaired) electrons. The van der Waals surface area contributed by atoms with E-state index in [1.54, 1.807) is 0 Å². The molecule has 0 spiro atoms. The first-order valence-electron chi connectivity index (χ1n) is 6.99. The molecular formula is C16H21N3. The first-order chi connectivity index (χ1) is 9.23. The molecular weight excluding hydrogens is 234 g/mol. The van der Waals surface area contributed by atoms with Gasteiger partial charge in [0.25, 0.3) is 0 Å². The van der Waals surface area contributed by atoms with Crippen LogP contribution in [0.3, 0.4) is 0 Å². The molecule has 3 heteroatoms. The van der Waals surface area contributed by atoms with Crippen LogP contribution in [0.4, 0.5) is 0 Å². The number of aromatic nitrogens is 2.